The minimum atomic E-state index is 0.760. The van der Waals surface area contributed by atoms with E-state index < -0.39 is 0 Å². The molecule has 2 rings (SSSR count). The normalized spacial score (nSPS) is 9.85. The van der Waals surface area contributed by atoms with Crippen LogP contribution in [0.3, 0.4) is 0 Å². The minimum Gasteiger partial charge on any atom is -0.192 e. The molecule has 0 aliphatic carbocycles. The van der Waals surface area contributed by atoms with Gasteiger partial charge in [-0.2, -0.15) is 5.26 Å². The molecule has 0 radical (unpaired) electrons. The van der Waals surface area contributed by atoms with E-state index in [1.54, 1.807) is 0 Å². The minimum absolute atomic E-state index is 0.760. The van der Waals surface area contributed by atoms with Gasteiger partial charge in [-0.1, -0.05) is 30.3 Å². The van der Waals surface area contributed by atoms with Crippen LogP contribution >= 0.6 is 0 Å². The van der Waals surface area contributed by atoms with Gasteiger partial charge in [-0.25, -0.2) is 0 Å². The molecule has 0 amide bonds. The van der Waals surface area contributed by atoms with Gasteiger partial charge in [0.15, 0.2) is 0 Å². The van der Waals surface area contributed by atoms with Crippen LogP contribution in [0.25, 0.3) is 10.8 Å². The molecule has 0 aromatic heterocycles. The Bertz CT molecular complexity index is 487. The van der Waals surface area contributed by atoms with Crippen molar-refractivity contribution in [1.29, 1.82) is 5.26 Å². The number of benzene rings is 2. The molecule has 62 valence electrons. The number of nitrogens with zero attached hydrogens (tertiary/aromatic N) is 1. The Morgan fingerprint density at radius 1 is 1.08 bits per heavy atom. The number of aryl methyl sites for hydroxylation is 1. The summed E-state index contributed by atoms with van der Waals surface area (Å²) in [5.74, 6) is 0. The second-order valence-corrected chi connectivity index (χ2v) is 3.09. The molecule has 0 heterocycles. The number of nitriles is 1. The molecule has 0 fully saturated rings. The first-order valence-electron chi connectivity index (χ1n) is 4.21. The highest BCUT2D eigenvalue weighted by molar-refractivity contribution is 5.90. The van der Waals surface area contributed by atoms with E-state index in [0.717, 1.165) is 21.9 Å². The summed E-state index contributed by atoms with van der Waals surface area (Å²) < 4.78 is 0. The zero-order chi connectivity index (χ0) is 9.26. The predicted molar refractivity (Wildman–Crippen MR) is 53.4 cm³/mol. The first kappa shape index (κ1) is 7.82. The van der Waals surface area contributed by atoms with Crippen molar-refractivity contribution in [3.8, 4) is 6.07 Å². The quantitative estimate of drug-likeness (QED) is 0.591. The van der Waals surface area contributed by atoms with E-state index in [9.17, 15) is 0 Å². The van der Waals surface area contributed by atoms with Crippen molar-refractivity contribution < 1.29 is 0 Å². The zero-order valence-corrected chi connectivity index (χ0v) is 7.41. The van der Waals surface area contributed by atoms with Crippen LogP contribution in [0.4, 0.5) is 0 Å². The molecule has 1 nitrogen and oxygen atoms in total. The van der Waals surface area contributed by atoms with Crippen molar-refractivity contribution in [2.24, 2.45) is 0 Å². The SMILES string of the molecule is Cc1cccc2cccc(C#N)c12. The third-order valence-electron chi connectivity index (χ3n) is 2.23. The van der Waals surface area contributed by atoms with E-state index in [2.05, 4.69) is 6.07 Å². The molecular formula is C12H9N. The molecule has 0 spiro atoms. The molecule has 2 aromatic carbocycles. The van der Waals surface area contributed by atoms with Gasteiger partial charge in [-0.15, -0.1) is 0 Å². The summed E-state index contributed by atoms with van der Waals surface area (Å²) in [7, 11) is 0. The molecule has 0 aliphatic rings. The summed E-state index contributed by atoms with van der Waals surface area (Å²) in [6, 6.07) is 14.1. The Morgan fingerprint density at radius 2 is 1.77 bits per heavy atom. The molecule has 1 heteroatoms. The molecule has 0 saturated heterocycles. The molecule has 0 bridgehead atoms. The molecule has 0 unspecified atom stereocenters. The van der Waals surface area contributed by atoms with Crippen molar-refractivity contribution >= 4 is 10.8 Å². The van der Waals surface area contributed by atoms with Crippen LogP contribution in [0, 0.1) is 18.3 Å². The summed E-state index contributed by atoms with van der Waals surface area (Å²) in [5, 5.41) is 11.1. The van der Waals surface area contributed by atoms with E-state index in [-0.39, 0.29) is 0 Å². The van der Waals surface area contributed by atoms with Crippen LogP contribution in [0.5, 0.6) is 0 Å². The Labute approximate surface area is 77.2 Å². The highest BCUT2D eigenvalue weighted by Gasteiger charge is 2.01. The van der Waals surface area contributed by atoms with E-state index >= 15 is 0 Å². The first-order valence-corrected chi connectivity index (χ1v) is 4.21. The van der Waals surface area contributed by atoms with Crippen LogP contribution < -0.4 is 0 Å². The van der Waals surface area contributed by atoms with Gasteiger partial charge >= 0.3 is 0 Å². The molecule has 2 aromatic rings. The molecule has 0 saturated carbocycles. The largest absolute Gasteiger partial charge is 0.192 e. The lowest BCUT2D eigenvalue weighted by Crippen LogP contribution is -1.82. The average Bonchev–Trinajstić information content (AvgIpc) is 2.17. The van der Waals surface area contributed by atoms with Crippen molar-refractivity contribution in [2.45, 2.75) is 6.92 Å². The van der Waals surface area contributed by atoms with Crippen molar-refractivity contribution in [3.63, 3.8) is 0 Å². The van der Waals surface area contributed by atoms with Gasteiger partial charge in [0.25, 0.3) is 0 Å². The molecule has 0 atom stereocenters. The highest BCUT2D eigenvalue weighted by Crippen LogP contribution is 2.21. The second-order valence-electron chi connectivity index (χ2n) is 3.09. The lowest BCUT2D eigenvalue weighted by Gasteiger charge is -2.02. The summed E-state index contributed by atoms with van der Waals surface area (Å²) in [4.78, 5) is 0. The second kappa shape index (κ2) is 2.91. The van der Waals surface area contributed by atoms with E-state index in [0.29, 0.717) is 0 Å². The Balaban J connectivity index is 2.97. The summed E-state index contributed by atoms with van der Waals surface area (Å²) in [6.07, 6.45) is 0. The van der Waals surface area contributed by atoms with Gasteiger partial charge in [-0.3, -0.25) is 0 Å². The first-order chi connectivity index (χ1) is 6.33. The van der Waals surface area contributed by atoms with Gasteiger partial charge in [0.1, 0.15) is 0 Å². The molecular weight excluding hydrogens is 158 g/mol. The van der Waals surface area contributed by atoms with Gasteiger partial charge in [0, 0.05) is 5.39 Å². The third-order valence-corrected chi connectivity index (χ3v) is 2.23. The van der Waals surface area contributed by atoms with Crippen LogP contribution in [-0.2, 0) is 0 Å². The number of hydrogen-bond donors (Lipinski definition) is 0. The van der Waals surface area contributed by atoms with Gasteiger partial charge in [0.05, 0.1) is 11.6 Å². The Hall–Kier alpha value is -1.81. The molecule has 13 heavy (non-hydrogen) atoms. The van der Waals surface area contributed by atoms with E-state index in [1.165, 1.54) is 0 Å². The summed E-state index contributed by atoms with van der Waals surface area (Å²) in [5.41, 5.74) is 1.92. The summed E-state index contributed by atoms with van der Waals surface area (Å²) in [6.45, 7) is 2.03. The van der Waals surface area contributed by atoms with Gasteiger partial charge in [0.2, 0.25) is 0 Å². The zero-order valence-electron chi connectivity index (χ0n) is 7.41. The Morgan fingerprint density at radius 3 is 2.46 bits per heavy atom. The van der Waals surface area contributed by atoms with Gasteiger partial charge < -0.3 is 0 Å². The smallest absolute Gasteiger partial charge is 0.0998 e. The fourth-order valence-electron chi connectivity index (χ4n) is 1.62. The standard InChI is InChI=1S/C12H9N/c1-9-4-2-5-10-6-3-7-11(8-13)12(9)10/h2-7H,1H3. The maximum Gasteiger partial charge on any atom is 0.0998 e. The topological polar surface area (TPSA) is 23.8 Å². The van der Waals surface area contributed by atoms with Crippen LogP contribution in [0.15, 0.2) is 36.4 Å². The number of rotatable bonds is 0. The number of hydrogen-bond acceptors (Lipinski definition) is 1. The third kappa shape index (κ3) is 1.17. The number of fused-ring (bicyclic) bond motifs is 1. The average molecular weight is 167 g/mol. The van der Waals surface area contributed by atoms with Crippen molar-refractivity contribution in [3.05, 3.63) is 47.5 Å². The molecule has 0 N–H and O–H groups in total. The fraction of sp³-hybridized carbons (Fsp3) is 0.0833. The lowest BCUT2D eigenvalue weighted by molar-refractivity contribution is 1.48. The monoisotopic (exact) mass is 167 g/mol. The van der Waals surface area contributed by atoms with E-state index in [1.807, 2.05) is 43.3 Å². The maximum absolute atomic E-state index is 8.91. The van der Waals surface area contributed by atoms with Gasteiger partial charge in [-0.05, 0) is 23.9 Å². The highest BCUT2D eigenvalue weighted by atomic mass is 14.2. The lowest BCUT2D eigenvalue weighted by atomic mass is 10.0. The van der Waals surface area contributed by atoms with Crippen LogP contribution in [-0.4, -0.2) is 0 Å². The summed E-state index contributed by atoms with van der Waals surface area (Å²) >= 11 is 0. The predicted octanol–water partition coefficient (Wildman–Crippen LogP) is 3.02. The fourth-order valence-corrected chi connectivity index (χ4v) is 1.62. The van der Waals surface area contributed by atoms with E-state index in [4.69, 9.17) is 5.26 Å². The molecule has 0 aliphatic heterocycles. The van der Waals surface area contributed by atoms with Crippen LogP contribution in [0.1, 0.15) is 11.1 Å². The van der Waals surface area contributed by atoms with Crippen molar-refractivity contribution in [1.82, 2.24) is 0 Å². The Kier molecular flexibility index (Phi) is 1.75. The van der Waals surface area contributed by atoms with Crippen molar-refractivity contribution in [2.75, 3.05) is 0 Å². The van der Waals surface area contributed by atoms with Crippen LogP contribution in [0.2, 0.25) is 0 Å². The maximum atomic E-state index is 8.91.